The van der Waals surface area contributed by atoms with E-state index in [2.05, 4.69) is 29.8 Å². The second-order valence-electron chi connectivity index (χ2n) is 6.42. The van der Waals surface area contributed by atoms with Crippen molar-refractivity contribution in [2.24, 2.45) is 0 Å². The smallest absolute Gasteiger partial charge is 0.280 e. The van der Waals surface area contributed by atoms with Crippen LogP contribution in [-0.4, -0.2) is 71.7 Å². The number of halogens is 2. The Morgan fingerprint density at radius 3 is 2.45 bits per heavy atom. The lowest BCUT2D eigenvalue weighted by molar-refractivity contribution is -0.132. The number of piperidine rings is 2. The summed E-state index contributed by atoms with van der Waals surface area (Å²) < 4.78 is 28.7. The van der Waals surface area contributed by atoms with Crippen molar-refractivity contribution in [3.63, 3.8) is 0 Å². The molecule has 0 aliphatic carbocycles. The van der Waals surface area contributed by atoms with Gasteiger partial charge < -0.3 is 10.2 Å². The van der Waals surface area contributed by atoms with Crippen LogP contribution in [-0.2, 0) is 4.79 Å². The topological polar surface area (TPSA) is 35.6 Å². The van der Waals surface area contributed by atoms with E-state index >= 15 is 0 Å². The highest BCUT2D eigenvalue weighted by atomic mass is 32.1. The van der Waals surface area contributed by atoms with Gasteiger partial charge in [-0.1, -0.05) is 6.92 Å². The summed E-state index contributed by atoms with van der Waals surface area (Å²) in [4.78, 5) is 15.9. The predicted molar refractivity (Wildman–Crippen MR) is 86.7 cm³/mol. The third-order valence-corrected chi connectivity index (χ3v) is 5.08. The Kier molecular flexibility index (Phi) is 6.07. The van der Waals surface area contributed by atoms with Crippen LogP contribution in [0.1, 0.15) is 33.1 Å². The number of rotatable bonds is 4. The molecule has 2 aliphatic rings. The number of likely N-dealkylation sites (tertiary alicyclic amines) is 2. The van der Waals surface area contributed by atoms with Gasteiger partial charge in [-0.25, -0.2) is 8.78 Å². The van der Waals surface area contributed by atoms with E-state index in [1.807, 2.05) is 4.90 Å². The maximum Gasteiger partial charge on any atom is 0.280 e. The van der Waals surface area contributed by atoms with Crippen LogP contribution in [0, 0.1) is 0 Å². The molecule has 2 heterocycles. The Balaban J connectivity index is 1.89. The lowest BCUT2D eigenvalue weighted by Gasteiger charge is -2.44. The molecule has 2 saturated heterocycles. The van der Waals surface area contributed by atoms with Gasteiger partial charge in [-0.2, -0.15) is 12.6 Å². The molecule has 22 heavy (non-hydrogen) atoms. The van der Waals surface area contributed by atoms with Crippen LogP contribution in [0.15, 0.2) is 0 Å². The fraction of sp³-hybridized carbons (Fsp3) is 0.933. The van der Waals surface area contributed by atoms with Crippen molar-refractivity contribution in [2.45, 2.75) is 56.4 Å². The average Bonchev–Trinajstić information content (AvgIpc) is 2.48. The zero-order valence-corrected chi connectivity index (χ0v) is 14.3. The van der Waals surface area contributed by atoms with Crippen LogP contribution < -0.4 is 5.32 Å². The van der Waals surface area contributed by atoms with Crippen LogP contribution in [0.2, 0.25) is 0 Å². The van der Waals surface area contributed by atoms with E-state index < -0.39 is 23.1 Å². The van der Waals surface area contributed by atoms with E-state index in [9.17, 15) is 13.6 Å². The molecule has 0 aromatic carbocycles. The third-order valence-electron chi connectivity index (χ3n) is 4.85. The average molecular weight is 335 g/mol. The molecule has 2 rings (SSSR count). The molecule has 0 radical (unpaired) electrons. The third kappa shape index (κ3) is 4.32. The highest BCUT2D eigenvalue weighted by Crippen LogP contribution is 2.30. The first-order chi connectivity index (χ1) is 10.3. The van der Waals surface area contributed by atoms with Crippen molar-refractivity contribution >= 4 is 18.5 Å². The number of nitrogens with zero attached hydrogens (tertiary/aromatic N) is 2. The summed E-state index contributed by atoms with van der Waals surface area (Å²) >= 11 is 4.00. The summed E-state index contributed by atoms with van der Waals surface area (Å²) in [5.74, 6) is -3.30. The molecular formula is C15H27F2N3OS. The van der Waals surface area contributed by atoms with Crippen molar-refractivity contribution in [3.8, 4) is 0 Å². The molecule has 0 bridgehead atoms. The molecule has 2 unspecified atom stereocenters. The minimum absolute atomic E-state index is 0.245. The van der Waals surface area contributed by atoms with E-state index in [4.69, 9.17) is 0 Å². The largest absolute Gasteiger partial charge is 0.346 e. The molecule has 0 aromatic rings. The Bertz CT molecular complexity index is 387. The SMILES string of the molecule is CCN1CCC(N2CCC(NC(=O)C(C)S)C(F)(F)C2)CC1. The zero-order chi connectivity index (χ0) is 16.3. The monoisotopic (exact) mass is 335 g/mol. The van der Waals surface area contributed by atoms with E-state index in [-0.39, 0.29) is 12.6 Å². The first kappa shape index (κ1) is 17.9. The van der Waals surface area contributed by atoms with Crippen molar-refractivity contribution in [3.05, 3.63) is 0 Å². The Morgan fingerprint density at radius 2 is 1.95 bits per heavy atom. The summed E-state index contributed by atoms with van der Waals surface area (Å²) in [6, 6.07) is -0.823. The normalized spacial score (nSPS) is 29.2. The summed E-state index contributed by atoms with van der Waals surface area (Å²) in [7, 11) is 0. The number of thiol groups is 1. The van der Waals surface area contributed by atoms with Crippen LogP contribution >= 0.6 is 12.6 Å². The molecule has 1 amide bonds. The predicted octanol–water partition coefficient (Wildman–Crippen LogP) is 1.61. The molecule has 128 valence electrons. The maximum absolute atomic E-state index is 14.3. The van der Waals surface area contributed by atoms with Gasteiger partial charge in [0.1, 0.15) is 0 Å². The Labute approximate surface area is 137 Å². The molecule has 0 saturated carbocycles. The Hall–Kier alpha value is -0.400. The van der Waals surface area contributed by atoms with Gasteiger partial charge in [0.2, 0.25) is 5.91 Å². The van der Waals surface area contributed by atoms with Crippen molar-refractivity contribution in [1.29, 1.82) is 0 Å². The Morgan fingerprint density at radius 1 is 1.32 bits per heavy atom. The summed E-state index contributed by atoms with van der Waals surface area (Å²) in [5, 5.41) is 1.89. The summed E-state index contributed by atoms with van der Waals surface area (Å²) in [6.45, 7) is 7.09. The van der Waals surface area contributed by atoms with Gasteiger partial charge in [0.05, 0.1) is 17.8 Å². The number of nitrogens with one attached hydrogen (secondary N) is 1. The number of carbonyl (C=O) groups excluding carboxylic acids is 1. The molecule has 0 spiro atoms. The zero-order valence-electron chi connectivity index (χ0n) is 13.4. The van der Waals surface area contributed by atoms with E-state index in [0.717, 1.165) is 32.5 Å². The van der Waals surface area contributed by atoms with Crippen LogP contribution in [0.4, 0.5) is 8.78 Å². The number of hydrogen-bond donors (Lipinski definition) is 2. The highest BCUT2D eigenvalue weighted by molar-refractivity contribution is 7.81. The highest BCUT2D eigenvalue weighted by Gasteiger charge is 2.47. The minimum Gasteiger partial charge on any atom is -0.346 e. The standard InChI is InChI=1S/C15H27F2N3OS/c1-3-19-7-4-12(5-8-19)20-9-6-13(15(16,17)10-20)18-14(21)11(2)22/h11-13,22H,3-10H2,1-2H3,(H,18,21). The molecule has 2 fully saturated rings. The van der Waals surface area contributed by atoms with E-state index in [1.165, 1.54) is 0 Å². The number of hydrogen-bond acceptors (Lipinski definition) is 4. The van der Waals surface area contributed by atoms with Gasteiger partial charge in [0.25, 0.3) is 5.92 Å². The molecule has 7 heteroatoms. The number of carbonyl (C=O) groups is 1. The molecule has 4 nitrogen and oxygen atoms in total. The van der Waals surface area contributed by atoms with Crippen molar-refractivity contribution in [1.82, 2.24) is 15.1 Å². The van der Waals surface area contributed by atoms with Crippen LogP contribution in [0.3, 0.4) is 0 Å². The lowest BCUT2D eigenvalue weighted by atomic mass is 9.95. The fourth-order valence-electron chi connectivity index (χ4n) is 3.35. The number of amides is 1. The number of alkyl halides is 2. The van der Waals surface area contributed by atoms with Gasteiger partial charge in [0, 0.05) is 12.6 Å². The van der Waals surface area contributed by atoms with Crippen LogP contribution in [0.25, 0.3) is 0 Å². The lowest BCUT2D eigenvalue weighted by Crippen LogP contribution is -2.61. The first-order valence-corrected chi connectivity index (χ1v) is 8.67. The van der Waals surface area contributed by atoms with Gasteiger partial charge in [0.15, 0.2) is 0 Å². The van der Waals surface area contributed by atoms with Crippen molar-refractivity contribution < 1.29 is 13.6 Å². The first-order valence-electron chi connectivity index (χ1n) is 8.16. The van der Waals surface area contributed by atoms with E-state index in [1.54, 1.807) is 6.92 Å². The van der Waals surface area contributed by atoms with Gasteiger partial charge >= 0.3 is 0 Å². The molecule has 1 N–H and O–H groups in total. The molecule has 0 aromatic heterocycles. The van der Waals surface area contributed by atoms with Crippen LogP contribution in [0.5, 0.6) is 0 Å². The summed E-state index contributed by atoms with van der Waals surface area (Å²) in [6.07, 6.45) is 2.20. The molecule has 2 aliphatic heterocycles. The van der Waals surface area contributed by atoms with Gasteiger partial charge in [-0.05, 0) is 45.8 Å². The van der Waals surface area contributed by atoms with Gasteiger partial charge in [-0.15, -0.1) is 0 Å². The van der Waals surface area contributed by atoms with Gasteiger partial charge in [-0.3, -0.25) is 9.69 Å². The van der Waals surface area contributed by atoms with Crippen molar-refractivity contribution in [2.75, 3.05) is 32.7 Å². The second-order valence-corrected chi connectivity index (χ2v) is 7.20. The summed E-state index contributed by atoms with van der Waals surface area (Å²) in [5.41, 5.74) is 0. The van der Waals surface area contributed by atoms with E-state index in [0.29, 0.717) is 13.0 Å². The minimum atomic E-state index is -2.88. The molecular weight excluding hydrogens is 308 g/mol. The molecule has 2 atom stereocenters. The fourth-order valence-corrected chi connectivity index (χ4v) is 3.42. The second kappa shape index (κ2) is 7.45. The quantitative estimate of drug-likeness (QED) is 0.767. The maximum atomic E-state index is 14.3.